The molecule has 1 aliphatic rings. The zero-order valence-electron chi connectivity index (χ0n) is 9.64. The van der Waals surface area contributed by atoms with E-state index in [0.717, 1.165) is 0 Å². The van der Waals surface area contributed by atoms with Gasteiger partial charge in [-0.2, -0.15) is 0 Å². The topological polar surface area (TPSA) is 57.6 Å². The minimum absolute atomic E-state index is 0.0132. The van der Waals surface area contributed by atoms with Gasteiger partial charge in [-0.05, 0) is 5.92 Å². The molecule has 1 N–H and O–H groups in total. The maximum Gasteiger partial charge on any atom is 0.305 e. The average Bonchev–Trinajstić information content (AvgIpc) is 2.55. The van der Waals surface area contributed by atoms with E-state index in [1.54, 1.807) is 4.90 Å². The normalized spacial score (nSPS) is 22.2. The smallest absolute Gasteiger partial charge is 0.305 e. The number of carbonyl (C=O) groups excluding carboxylic acids is 1. The highest BCUT2D eigenvalue weighted by molar-refractivity contribution is 5.80. The average molecular weight is 223 g/mol. The molecule has 0 bridgehead atoms. The molecule has 4 heteroatoms. The standard InChI is InChI=1S/C12H17NO3/c1-4-9-5-11(14)13(7-9)10(8(2)3)6-12(15)16/h1,8-10H,5-7H2,2-3H3,(H,15,16). The molecule has 0 saturated carbocycles. The minimum atomic E-state index is -0.879. The van der Waals surface area contributed by atoms with Gasteiger partial charge in [0.1, 0.15) is 0 Å². The van der Waals surface area contributed by atoms with Crippen molar-refractivity contribution >= 4 is 11.9 Å². The van der Waals surface area contributed by atoms with Crippen LogP contribution in [0.2, 0.25) is 0 Å². The van der Waals surface area contributed by atoms with E-state index in [4.69, 9.17) is 11.5 Å². The Morgan fingerprint density at radius 2 is 2.31 bits per heavy atom. The van der Waals surface area contributed by atoms with Crippen LogP contribution in [0, 0.1) is 24.2 Å². The highest BCUT2D eigenvalue weighted by Crippen LogP contribution is 2.24. The molecule has 0 aliphatic carbocycles. The number of terminal acetylenes is 1. The highest BCUT2D eigenvalue weighted by Gasteiger charge is 2.35. The number of carboxylic acid groups (broad SMARTS) is 1. The molecule has 1 fully saturated rings. The van der Waals surface area contributed by atoms with Gasteiger partial charge in [0.2, 0.25) is 5.91 Å². The summed E-state index contributed by atoms with van der Waals surface area (Å²) in [5.41, 5.74) is 0. The van der Waals surface area contributed by atoms with Gasteiger partial charge in [0.25, 0.3) is 0 Å². The van der Waals surface area contributed by atoms with E-state index in [2.05, 4.69) is 5.92 Å². The van der Waals surface area contributed by atoms with E-state index in [0.29, 0.717) is 13.0 Å². The lowest BCUT2D eigenvalue weighted by molar-refractivity contribution is -0.140. The van der Waals surface area contributed by atoms with Crippen molar-refractivity contribution in [3.8, 4) is 12.3 Å². The van der Waals surface area contributed by atoms with Crippen LogP contribution in [-0.4, -0.2) is 34.5 Å². The zero-order valence-corrected chi connectivity index (χ0v) is 9.64. The van der Waals surface area contributed by atoms with Crippen LogP contribution in [0.4, 0.5) is 0 Å². The summed E-state index contributed by atoms with van der Waals surface area (Å²) in [4.78, 5) is 24.1. The molecule has 16 heavy (non-hydrogen) atoms. The lowest BCUT2D eigenvalue weighted by Gasteiger charge is -2.29. The van der Waals surface area contributed by atoms with Crippen molar-refractivity contribution in [1.82, 2.24) is 4.90 Å². The fourth-order valence-corrected chi connectivity index (χ4v) is 2.05. The fourth-order valence-electron chi connectivity index (χ4n) is 2.05. The summed E-state index contributed by atoms with van der Waals surface area (Å²) in [6.07, 6.45) is 5.62. The van der Waals surface area contributed by atoms with Crippen LogP contribution in [0.25, 0.3) is 0 Å². The molecule has 0 spiro atoms. The Balaban J connectivity index is 2.76. The lowest BCUT2D eigenvalue weighted by atomic mass is 9.99. The molecule has 1 aliphatic heterocycles. The Hall–Kier alpha value is -1.50. The maximum absolute atomic E-state index is 11.7. The summed E-state index contributed by atoms with van der Waals surface area (Å²) in [5.74, 6) is 1.71. The predicted octanol–water partition coefficient (Wildman–Crippen LogP) is 0.967. The monoisotopic (exact) mass is 223 g/mol. The lowest BCUT2D eigenvalue weighted by Crippen LogP contribution is -2.41. The first-order chi connectivity index (χ1) is 7.45. The number of hydrogen-bond donors (Lipinski definition) is 1. The van der Waals surface area contributed by atoms with Crippen molar-refractivity contribution in [3.63, 3.8) is 0 Å². The number of rotatable bonds is 4. The Labute approximate surface area is 95.6 Å². The molecule has 0 aromatic heterocycles. The summed E-state index contributed by atoms with van der Waals surface area (Å²) < 4.78 is 0. The van der Waals surface area contributed by atoms with Crippen LogP contribution in [0.5, 0.6) is 0 Å². The predicted molar refractivity (Wildman–Crippen MR) is 59.5 cm³/mol. The molecule has 1 rings (SSSR count). The van der Waals surface area contributed by atoms with Crippen LogP contribution in [-0.2, 0) is 9.59 Å². The van der Waals surface area contributed by atoms with E-state index >= 15 is 0 Å². The molecule has 1 amide bonds. The largest absolute Gasteiger partial charge is 0.481 e. The second-order valence-corrected chi connectivity index (χ2v) is 4.52. The van der Waals surface area contributed by atoms with Gasteiger partial charge in [-0.3, -0.25) is 9.59 Å². The molecule has 4 nitrogen and oxygen atoms in total. The van der Waals surface area contributed by atoms with Gasteiger partial charge in [-0.1, -0.05) is 13.8 Å². The fraction of sp³-hybridized carbons (Fsp3) is 0.667. The molecule has 0 aromatic carbocycles. The van der Waals surface area contributed by atoms with Gasteiger partial charge in [0, 0.05) is 24.9 Å². The third-order valence-corrected chi connectivity index (χ3v) is 2.95. The van der Waals surface area contributed by atoms with Crippen LogP contribution < -0.4 is 0 Å². The van der Waals surface area contributed by atoms with Crippen LogP contribution in [0.15, 0.2) is 0 Å². The van der Waals surface area contributed by atoms with Crippen molar-refractivity contribution < 1.29 is 14.7 Å². The first-order valence-corrected chi connectivity index (χ1v) is 5.43. The molecule has 0 radical (unpaired) electrons. The van der Waals surface area contributed by atoms with E-state index in [1.807, 2.05) is 13.8 Å². The highest BCUT2D eigenvalue weighted by atomic mass is 16.4. The zero-order chi connectivity index (χ0) is 12.3. The van der Waals surface area contributed by atoms with Gasteiger partial charge in [-0.25, -0.2) is 0 Å². The molecule has 0 aromatic rings. The van der Waals surface area contributed by atoms with Crippen LogP contribution >= 0.6 is 0 Å². The number of hydrogen-bond acceptors (Lipinski definition) is 2. The van der Waals surface area contributed by atoms with Crippen molar-refractivity contribution in [2.75, 3.05) is 6.54 Å². The molecule has 88 valence electrons. The first kappa shape index (κ1) is 12.6. The SMILES string of the molecule is C#CC1CC(=O)N(C(CC(=O)O)C(C)C)C1. The van der Waals surface area contributed by atoms with Crippen molar-refractivity contribution in [1.29, 1.82) is 0 Å². The number of carbonyl (C=O) groups is 2. The Kier molecular flexibility index (Phi) is 3.94. The van der Waals surface area contributed by atoms with E-state index in [9.17, 15) is 9.59 Å². The van der Waals surface area contributed by atoms with Crippen molar-refractivity contribution in [2.24, 2.45) is 11.8 Å². The number of carboxylic acids is 1. The van der Waals surface area contributed by atoms with Gasteiger partial charge in [-0.15, -0.1) is 12.3 Å². The van der Waals surface area contributed by atoms with Gasteiger partial charge < -0.3 is 10.0 Å². The summed E-state index contributed by atoms with van der Waals surface area (Å²) in [5, 5.41) is 8.82. The van der Waals surface area contributed by atoms with Crippen molar-refractivity contribution in [3.05, 3.63) is 0 Å². The minimum Gasteiger partial charge on any atom is -0.481 e. The van der Waals surface area contributed by atoms with Gasteiger partial charge in [0.05, 0.1) is 6.42 Å². The first-order valence-electron chi connectivity index (χ1n) is 5.43. The molecular formula is C12H17NO3. The third kappa shape index (κ3) is 2.75. The second-order valence-electron chi connectivity index (χ2n) is 4.52. The second kappa shape index (κ2) is 5.02. The number of amides is 1. The maximum atomic E-state index is 11.7. The molecule has 1 heterocycles. The molecule has 2 atom stereocenters. The third-order valence-electron chi connectivity index (χ3n) is 2.95. The van der Waals surface area contributed by atoms with Crippen LogP contribution in [0.3, 0.4) is 0 Å². The Morgan fingerprint density at radius 3 is 2.69 bits per heavy atom. The Morgan fingerprint density at radius 1 is 1.69 bits per heavy atom. The van der Waals surface area contributed by atoms with Crippen molar-refractivity contribution in [2.45, 2.75) is 32.7 Å². The summed E-state index contributed by atoms with van der Waals surface area (Å²) in [6.45, 7) is 4.33. The van der Waals surface area contributed by atoms with Gasteiger partial charge in [0.15, 0.2) is 0 Å². The quantitative estimate of drug-likeness (QED) is 0.722. The number of nitrogens with zero attached hydrogens (tertiary/aromatic N) is 1. The van der Waals surface area contributed by atoms with E-state index in [-0.39, 0.29) is 30.2 Å². The van der Waals surface area contributed by atoms with Gasteiger partial charge >= 0.3 is 5.97 Å². The van der Waals surface area contributed by atoms with E-state index in [1.165, 1.54) is 0 Å². The summed E-state index contributed by atoms with van der Waals surface area (Å²) in [7, 11) is 0. The van der Waals surface area contributed by atoms with Crippen LogP contribution in [0.1, 0.15) is 26.7 Å². The molecular weight excluding hydrogens is 206 g/mol. The summed E-state index contributed by atoms with van der Waals surface area (Å²) >= 11 is 0. The number of likely N-dealkylation sites (tertiary alicyclic amines) is 1. The summed E-state index contributed by atoms with van der Waals surface area (Å²) in [6, 6.07) is -0.247. The van der Waals surface area contributed by atoms with E-state index < -0.39 is 5.97 Å². The number of aliphatic carboxylic acids is 1. The molecule has 2 unspecified atom stereocenters. The Bertz CT molecular complexity index is 330. The molecule has 1 saturated heterocycles.